The van der Waals surface area contributed by atoms with Crippen molar-refractivity contribution in [1.29, 1.82) is 0 Å². The number of carbonyl (C=O) groups excluding carboxylic acids is 1. The molecule has 0 bridgehead atoms. The Bertz CT molecular complexity index is 849. The minimum atomic E-state index is -0.422. The molecule has 0 radical (unpaired) electrons. The lowest BCUT2D eigenvalue weighted by molar-refractivity contribution is -0.117. The summed E-state index contributed by atoms with van der Waals surface area (Å²) in [5, 5.41) is 3.24. The minimum absolute atomic E-state index is 0.0691. The summed E-state index contributed by atoms with van der Waals surface area (Å²) < 4.78 is 5.39. The van der Waals surface area contributed by atoms with Crippen molar-refractivity contribution in [3.63, 3.8) is 0 Å². The van der Waals surface area contributed by atoms with Crippen molar-refractivity contribution in [2.45, 2.75) is 13.3 Å². The molecule has 0 aliphatic carbocycles. The van der Waals surface area contributed by atoms with E-state index in [0.29, 0.717) is 34.1 Å². The van der Waals surface area contributed by atoms with Gasteiger partial charge in [0.1, 0.15) is 11.4 Å². The molecule has 2 rings (SSSR count). The van der Waals surface area contributed by atoms with Crippen molar-refractivity contribution >= 4 is 28.9 Å². The number of hydrogen-bond acceptors (Lipinski definition) is 5. The number of nitrogens with two attached hydrogens (primary N) is 3. The van der Waals surface area contributed by atoms with Crippen molar-refractivity contribution in [3.05, 3.63) is 52.7 Å². The van der Waals surface area contributed by atoms with E-state index in [1.807, 2.05) is 13.0 Å². The number of hydrogen-bond donors (Lipinski definition) is 4. The number of benzene rings is 2. The lowest BCUT2D eigenvalue weighted by atomic mass is 9.97. The van der Waals surface area contributed by atoms with Crippen LogP contribution in [-0.2, 0) is 4.79 Å². The molecule has 2 aromatic carbocycles. The fraction of sp³-hybridized carbons (Fsp3) is 0.211. The van der Waals surface area contributed by atoms with Gasteiger partial charge in [0.05, 0.1) is 12.8 Å². The summed E-state index contributed by atoms with van der Waals surface area (Å²) in [5.74, 6) is 0.198. The van der Waals surface area contributed by atoms with E-state index < -0.39 is 5.91 Å². The summed E-state index contributed by atoms with van der Waals surface area (Å²) in [7, 11) is 1.57. The van der Waals surface area contributed by atoms with E-state index in [0.717, 1.165) is 12.0 Å². The fourth-order valence-corrected chi connectivity index (χ4v) is 2.70. The molecule has 7 heteroatoms. The molecule has 7 N–H and O–H groups in total. The number of halogens is 1. The van der Waals surface area contributed by atoms with Crippen LogP contribution >= 0.6 is 11.6 Å². The molecule has 1 amide bonds. The molecule has 6 nitrogen and oxygen atoms in total. The number of anilines is 1. The standard InChI is InChI=1S/C19H23ClN4O2/c1-3-9-24-19(25)18(23)17(22)13-6-4-5-12(16(13)21)14-10-11(20)7-8-15(14)26-2/h4-8,10H,3,9,21-23H2,1-2H3,(H,24,25)/b18-17+. The van der Waals surface area contributed by atoms with E-state index in [9.17, 15) is 4.79 Å². The average molecular weight is 375 g/mol. The molecule has 0 heterocycles. The van der Waals surface area contributed by atoms with Crippen LogP contribution in [0.5, 0.6) is 5.75 Å². The van der Waals surface area contributed by atoms with E-state index >= 15 is 0 Å². The molecule has 0 spiro atoms. The zero-order chi connectivity index (χ0) is 19.3. The lowest BCUT2D eigenvalue weighted by Gasteiger charge is -2.15. The van der Waals surface area contributed by atoms with Gasteiger partial charge in [0, 0.05) is 33.9 Å². The van der Waals surface area contributed by atoms with Gasteiger partial charge in [-0.3, -0.25) is 4.79 Å². The average Bonchev–Trinajstić information content (AvgIpc) is 2.65. The minimum Gasteiger partial charge on any atom is -0.496 e. The molecular formula is C19H23ClN4O2. The molecule has 0 saturated heterocycles. The number of carbonyl (C=O) groups is 1. The summed E-state index contributed by atoms with van der Waals surface area (Å²) in [4.78, 5) is 12.1. The van der Waals surface area contributed by atoms with Gasteiger partial charge in [-0.25, -0.2) is 0 Å². The summed E-state index contributed by atoms with van der Waals surface area (Å²) in [5.41, 5.74) is 20.7. The topological polar surface area (TPSA) is 116 Å². The van der Waals surface area contributed by atoms with Gasteiger partial charge in [-0.15, -0.1) is 0 Å². The zero-order valence-corrected chi connectivity index (χ0v) is 15.6. The van der Waals surface area contributed by atoms with Crippen LogP contribution in [0.2, 0.25) is 5.02 Å². The second kappa shape index (κ2) is 8.49. The molecule has 0 aliphatic heterocycles. The van der Waals surface area contributed by atoms with E-state index in [1.165, 1.54) is 0 Å². The second-order valence-electron chi connectivity index (χ2n) is 5.69. The summed E-state index contributed by atoms with van der Waals surface area (Å²) in [6.07, 6.45) is 0.797. The third-order valence-corrected chi connectivity index (χ3v) is 4.15. The molecule has 0 fully saturated rings. The largest absolute Gasteiger partial charge is 0.496 e. The summed E-state index contributed by atoms with van der Waals surface area (Å²) in [6, 6.07) is 10.6. The van der Waals surface area contributed by atoms with Crippen LogP contribution in [0.25, 0.3) is 16.8 Å². The Morgan fingerprint density at radius 1 is 1.19 bits per heavy atom. The van der Waals surface area contributed by atoms with Crippen molar-refractivity contribution in [2.75, 3.05) is 19.4 Å². The molecule has 0 aromatic heterocycles. The summed E-state index contributed by atoms with van der Waals surface area (Å²) in [6.45, 7) is 2.46. The van der Waals surface area contributed by atoms with Crippen molar-refractivity contribution in [1.82, 2.24) is 5.32 Å². The highest BCUT2D eigenvalue weighted by molar-refractivity contribution is 6.31. The SMILES string of the molecule is CCCNC(=O)/C(N)=C(\N)c1cccc(-c2cc(Cl)ccc2OC)c1N. The van der Waals surface area contributed by atoms with E-state index in [1.54, 1.807) is 37.4 Å². The normalized spacial score (nSPS) is 11.7. The quantitative estimate of drug-likeness (QED) is 0.458. The third-order valence-electron chi connectivity index (χ3n) is 3.92. The molecule has 2 aromatic rings. The number of ether oxygens (including phenoxy) is 1. The van der Waals surface area contributed by atoms with Crippen LogP contribution < -0.4 is 27.3 Å². The monoisotopic (exact) mass is 374 g/mol. The molecular weight excluding hydrogens is 352 g/mol. The van der Waals surface area contributed by atoms with Crippen LogP contribution in [0.4, 0.5) is 5.69 Å². The number of amides is 1. The van der Waals surface area contributed by atoms with E-state index in [4.69, 9.17) is 33.5 Å². The van der Waals surface area contributed by atoms with Gasteiger partial charge in [-0.2, -0.15) is 0 Å². The maximum Gasteiger partial charge on any atom is 0.269 e. The number of methoxy groups -OCH3 is 1. The molecule has 26 heavy (non-hydrogen) atoms. The number of nitrogen functional groups attached to an aromatic ring is 1. The first-order valence-corrected chi connectivity index (χ1v) is 8.54. The first kappa shape index (κ1) is 19.5. The van der Waals surface area contributed by atoms with Gasteiger partial charge in [0.15, 0.2) is 0 Å². The maximum absolute atomic E-state index is 12.1. The van der Waals surface area contributed by atoms with Crippen molar-refractivity contribution in [3.8, 4) is 16.9 Å². The number of nitrogens with one attached hydrogen (secondary N) is 1. The van der Waals surface area contributed by atoms with Crippen LogP contribution in [0, 0.1) is 0 Å². The van der Waals surface area contributed by atoms with Crippen molar-refractivity contribution in [2.24, 2.45) is 11.5 Å². The van der Waals surface area contributed by atoms with Gasteiger partial charge < -0.3 is 27.3 Å². The first-order chi connectivity index (χ1) is 12.4. The molecule has 0 saturated carbocycles. The second-order valence-corrected chi connectivity index (χ2v) is 6.13. The molecule has 0 aliphatic rings. The van der Waals surface area contributed by atoms with Crippen LogP contribution in [0.15, 0.2) is 42.1 Å². The molecule has 0 atom stereocenters. The molecule has 138 valence electrons. The Balaban J connectivity index is 2.54. The lowest BCUT2D eigenvalue weighted by Crippen LogP contribution is -2.31. The Morgan fingerprint density at radius 2 is 1.92 bits per heavy atom. The van der Waals surface area contributed by atoms with E-state index in [2.05, 4.69) is 5.32 Å². The Kier molecular flexibility index (Phi) is 6.36. The first-order valence-electron chi connectivity index (χ1n) is 8.16. The van der Waals surface area contributed by atoms with Crippen LogP contribution in [0.3, 0.4) is 0 Å². The third kappa shape index (κ3) is 4.03. The Hall–Kier alpha value is -2.86. The van der Waals surface area contributed by atoms with Gasteiger partial charge >= 0.3 is 0 Å². The fourth-order valence-electron chi connectivity index (χ4n) is 2.53. The van der Waals surface area contributed by atoms with Crippen LogP contribution in [0.1, 0.15) is 18.9 Å². The highest BCUT2D eigenvalue weighted by Crippen LogP contribution is 2.38. The number of rotatable bonds is 6. The van der Waals surface area contributed by atoms with Gasteiger partial charge in [0.25, 0.3) is 5.91 Å². The zero-order valence-electron chi connectivity index (χ0n) is 14.8. The highest BCUT2D eigenvalue weighted by atomic mass is 35.5. The predicted molar refractivity (Wildman–Crippen MR) is 106 cm³/mol. The number of para-hydroxylation sites is 1. The maximum atomic E-state index is 12.1. The van der Waals surface area contributed by atoms with E-state index in [-0.39, 0.29) is 11.4 Å². The predicted octanol–water partition coefficient (Wildman–Crippen LogP) is 2.71. The van der Waals surface area contributed by atoms with Crippen LogP contribution in [-0.4, -0.2) is 19.6 Å². The smallest absolute Gasteiger partial charge is 0.269 e. The van der Waals surface area contributed by atoms with Crippen molar-refractivity contribution < 1.29 is 9.53 Å². The Labute approximate surface area is 158 Å². The van der Waals surface area contributed by atoms with Gasteiger partial charge in [0.2, 0.25) is 0 Å². The highest BCUT2D eigenvalue weighted by Gasteiger charge is 2.17. The summed E-state index contributed by atoms with van der Waals surface area (Å²) >= 11 is 6.12. The van der Waals surface area contributed by atoms with Gasteiger partial charge in [-0.1, -0.05) is 36.7 Å². The van der Waals surface area contributed by atoms with Gasteiger partial charge in [-0.05, 0) is 24.6 Å². The Morgan fingerprint density at radius 3 is 2.58 bits per heavy atom. The molecule has 0 unspecified atom stereocenters.